The summed E-state index contributed by atoms with van der Waals surface area (Å²) in [6, 6.07) is 8.44. The number of halogens is 1. The fourth-order valence-electron chi connectivity index (χ4n) is 2.14. The fraction of sp³-hybridized carbons (Fsp3) is 0.125. The van der Waals surface area contributed by atoms with Gasteiger partial charge in [-0.1, -0.05) is 23.7 Å². The van der Waals surface area contributed by atoms with Gasteiger partial charge in [0.1, 0.15) is 0 Å². The van der Waals surface area contributed by atoms with Crippen LogP contribution in [0, 0.1) is 13.8 Å². The molecule has 0 unspecified atom stereocenters. The van der Waals surface area contributed by atoms with Gasteiger partial charge >= 0.3 is 0 Å². The van der Waals surface area contributed by atoms with Gasteiger partial charge in [-0.05, 0) is 26.0 Å². The predicted molar refractivity (Wildman–Crippen MR) is 94.4 cm³/mol. The van der Waals surface area contributed by atoms with Crippen molar-refractivity contribution < 1.29 is 4.79 Å². The first kappa shape index (κ1) is 16.4. The summed E-state index contributed by atoms with van der Waals surface area (Å²) in [6.45, 7) is 3.55. The number of carbonyl (C=O) groups excluding carboxylic acids is 1. The molecule has 2 heterocycles. The molecule has 0 spiro atoms. The van der Waals surface area contributed by atoms with Gasteiger partial charge in [-0.2, -0.15) is 5.10 Å². The number of benzene rings is 1. The molecular formula is C16H13ClN4O2S. The van der Waals surface area contributed by atoms with Crippen LogP contribution in [-0.4, -0.2) is 20.7 Å². The second kappa shape index (κ2) is 6.54. The van der Waals surface area contributed by atoms with Gasteiger partial charge in [-0.3, -0.25) is 14.9 Å². The van der Waals surface area contributed by atoms with E-state index in [0.717, 1.165) is 5.69 Å². The maximum absolute atomic E-state index is 12.4. The molecule has 0 aliphatic carbocycles. The van der Waals surface area contributed by atoms with E-state index in [0.29, 0.717) is 21.5 Å². The maximum Gasteiger partial charge on any atom is 0.281 e. The number of amides is 1. The van der Waals surface area contributed by atoms with E-state index >= 15 is 0 Å². The van der Waals surface area contributed by atoms with E-state index in [1.807, 2.05) is 6.92 Å². The van der Waals surface area contributed by atoms with Crippen LogP contribution in [-0.2, 0) is 0 Å². The van der Waals surface area contributed by atoms with Crippen LogP contribution in [0.15, 0.2) is 40.5 Å². The third-order valence-corrected chi connectivity index (χ3v) is 4.44. The van der Waals surface area contributed by atoms with Gasteiger partial charge in [0.25, 0.3) is 5.91 Å². The lowest BCUT2D eigenvalue weighted by Crippen LogP contribution is -2.27. The number of anilines is 1. The smallest absolute Gasteiger partial charge is 0.281 e. The zero-order valence-corrected chi connectivity index (χ0v) is 14.5. The minimum Gasteiger partial charge on any atom is -0.296 e. The first-order valence-electron chi connectivity index (χ1n) is 7.05. The summed E-state index contributed by atoms with van der Waals surface area (Å²) in [5.74, 6) is -0.602. The van der Waals surface area contributed by atoms with Gasteiger partial charge in [0, 0.05) is 17.1 Å². The van der Waals surface area contributed by atoms with E-state index in [2.05, 4.69) is 15.4 Å². The molecule has 0 aliphatic heterocycles. The van der Waals surface area contributed by atoms with Crippen LogP contribution in [0.2, 0.25) is 5.02 Å². The largest absolute Gasteiger partial charge is 0.296 e. The third-order valence-electron chi connectivity index (χ3n) is 3.24. The summed E-state index contributed by atoms with van der Waals surface area (Å²) in [5, 5.41) is 9.48. The third kappa shape index (κ3) is 3.22. The van der Waals surface area contributed by atoms with E-state index in [-0.39, 0.29) is 5.69 Å². The van der Waals surface area contributed by atoms with Crippen molar-refractivity contribution in [1.29, 1.82) is 0 Å². The topological polar surface area (TPSA) is 76.9 Å². The van der Waals surface area contributed by atoms with Gasteiger partial charge in [-0.25, -0.2) is 9.67 Å². The predicted octanol–water partition coefficient (Wildman–Crippen LogP) is 3.21. The molecule has 8 heteroatoms. The second-order valence-corrected chi connectivity index (χ2v) is 6.38. The van der Waals surface area contributed by atoms with Crippen molar-refractivity contribution in [3.8, 4) is 5.69 Å². The van der Waals surface area contributed by atoms with Crippen LogP contribution in [0.3, 0.4) is 0 Å². The molecule has 24 heavy (non-hydrogen) atoms. The van der Waals surface area contributed by atoms with Crippen molar-refractivity contribution in [2.45, 2.75) is 13.8 Å². The molecule has 0 atom stereocenters. The van der Waals surface area contributed by atoms with Gasteiger partial charge in [-0.15, -0.1) is 11.3 Å². The zero-order chi connectivity index (χ0) is 17.3. The van der Waals surface area contributed by atoms with Crippen molar-refractivity contribution in [2.24, 2.45) is 0 Å². The normalized spacial score (nSPS) is 10.6. The number of rotatable bonds is 3. The van der Waals surface area contributed by atoms with Crippen LogP contribution in [0.1, 0.15) is 21.9 Å². The van der Waals surface area contributed by atoms with Crippen molar-refractivity contribution in [1.82, 2.24) is 14.8 Å². The second-order valence-electron chi connectivity index (χ2n) is 5.11. The molecule has 6 nitrogen and oxygen atoms in total. The number of para-hydroxylation sites is 1. The summed E-state index contributed by atoms with van der Waals surface area (Å²) in [6.07, 6.45) is 0. The Morgan fingerprint density at radius 2 is 2.04 bits per heavy atom. The Hall–Kier alpha value is -2.51. The van der Waals surface area contributed by atoms with E-state index in [1.165, 1.54) is 22.1 Å². The molecule has 1 N–H and O–H groups in total. The Morgan fingerprint density at radius 1 is 1.29 bits per heavy atom. The van der Waals surface area contributed by atoms with Crippen molar-refractivity contribution in [2.75, 3.05) is 5.32 Å². The SMILES string of the molecule is Cc1csc(NC(=O)c2nn(-c3ccccc3Cl)c(C)cc2=O)n1. The van der Waals surface area contributed by atoms with Crippen LogP contribution in [0.4, 0.5) is 5.13 Å². The van der Waals surface area contributed by atoms with Gasteiger partial charge in [0.15, 0.2) is 10.8 Å². The highest BCUT2D eigenvalue weighted by Gasteiger charge is 2.17. The summed E-state index contributed by atoms with van der Waals surface area (Å²) in [4.78, 5) is 28.7. The van der Waals surface area contributed by atoms with Crippen molar-refractivity contribution >= 4 is 34.0 Å². The molecule has 122 valence electrons. The lowest BCUT2D eigenvalue weighted by molar-refractivity contribution is 0.101. The molecule has 0 radical (unpaired) electrons. The number of hydrogen-bond acceptors (Lipinski definition) is 5. The minimum atomic E-state index is -0.602. The van der Waals surface area contributed by atoms with E-state index in [1.54, 1.807) is 36.6 Å². The Kier molecular flexibility index (Phi) is 4.46. The number of aromatic nitrogens is 3. The summed E-state index contributed by atoms with van der Waals surface area (Å²) in [7, 11) is 0. The number of thiazole rings is 1. The Balaban J connectivity index is 2.03. The molecule has 1 amide bonds. The first-order valence-corrected chi connectivity index (χ1v) is 8.31. The number of nitrogens with zero attached hydrogens (tertiary/aromatic N) is 3. The minimum absolute atomic E-state index is 0.214. The number of hydrogen-bond donors (Lipinski definition) is 1. The van der Waals surface area contributed by atoms with Gasteiger partial charge in [0.2, 0.25) is 5.43 Å². The standard InChI is InChI=1S/C16H13ClN4O2S/c1-9-8-24-16(18-9)19-15(23)14-13(22)7-10(2)21(20-14)12-6-4-3-5-11(12)17/h3-8H,1-2H3,(H,18,19,23). The highest BCUT2D eigenvalue weighted by Crippen LogP contribution is 2.20. The summed E-state index contributed by atoms with van der Waals surface area (Å²) >= 11 is 7.47. The molecule has 2 aromatic heterocycles. The fourth-order valence-corrected chi connectivity index (χ4v) is 3.04. The first-order chi connectivity index (χ1) is 11.5. The van der Waals surface area contributed by atoms with Crippen LogP contribution in [0.25, 0.3) is 5.69 Å². The molecule has 1 aromatic carbocycles. The number of carbonyl (C=O) groups is 1. The van der Waals surface area contributed by atoms with Crippen molar-refractivity contribution in [3.63, 3.8) is 0 Å². The Morgan fingerprint density at radius 3 is 2.71 bits per heavy atom. The van der Waals surface area contributed by atoms with Gasteiger partial charge in [0.05, 0.1) is 16.4 Å². The highest BCUT2D eigenvalue weighted by molar-refractivity contribution is 7.13. The molecule has 0 saturated carbocycles. The van der Waals surface area contributed by atoms with Crippen LogP contribution < -0.4 is 10.7 Å². The maximum atomic E-state index is 12.4. The zero-order valence-electron chi connectivity index (χ0n) is 12.9. The number of nitrogens with one attached hydrogen (secondary N) is 1. The van der Waals surface area contributed by atoms with Crippen molar-refractivity contribution in [3.05, 3.63) is 68.0 Å². The molecule has 0 bridgehead atoms. The molecule has 0 aliphatic rings. The average Bonchev–Trinajstić information content (AvgIpc) is 2.93. The summed E-state index contributed by atoms with van der Waals surface area (Å²) < 4.78 is 1.48. The molecule has 0 saturated heterocycles. The van der Waals surface area contributed by atoms with E-state index < -0.39 is 11.3 Å². The quantitative estimate of drug-likeness (QED) is 0.778. The average molecular weight is 361 g/mol. The lowest BCUT2D eigenvalue weighted by atomic mass is 10.2. The monoisotopic (exact) mass is 360 g/mol. The number of aryl methyl sites for hydroxylation is 2. The van der Waals surface area contributed by atoms with Crippen LogP contribution in [0.5, 0.6) is 0 Å². The molecule has 3 rings (SSSR count). The van der Waals surface area contributed by atoms with E-state index in [4.69, 9.17) is 11.6 Å². The van der Waals surface area contributed by atoms with Gasteiger partial charge < -0.3 is 0 Å². The van der Waals surface area contributed by atoms with E-state index in [9.17, 15) is 9.59 Å². The molecule has 3 aromatic rings. The molecule has 0 fully saturated rings. The molecular weight excluding hydrogens is 348 g/mol. The Labute approximate surface area is 146 Å². The van der Waals surface area contributed by atoms with Crippen LogP contribution >= 0.6 is 22.9 Å². The lowest BCUT2D eigenvalue weighted by Gasteiger charge is -2.12. The summed E-state index contributed by atoms with van der Waals surface area (Å²) in [5.41, 5.74) is 1.29. The highest BCUT2D eigenvalue weighted by atomic mass is 35.5. The Bertz CT molecular complexity index is 980.